The third-order valence-electron chi connectivity index (χ3n) is 3.61. The van der Waals surface area contributed by atoms with Crippen molar-refractivity contribution in [3.8, 4) is 0 Å². The molecule has 2 atom stereocenters. The number of carbonyl (C=O) groups is 1. The van der Waals surface area contributed by atoms with Crippen LogP contribution in [0.5, 0.6) is 0 Å². The van der Waals surface area contributed by atoms with Gasteiger partial charge in [0.05, 0.1) is 0 Å². The summed E-state index contributed by atoms with van der Waals surface area (Å²) in [5, 5.41) is 0. The zero-order valence-electron chi connectivity index (χ0n) is 10.7. The summed E-state index contributed by atoms with van der Waals surface area (Å²) in [5.41, 5.74) is 1.08. The predicted molar refractivity (Wildman–Crippen MR) is 64.7 cm³/mol. The highest BCUT2D eigenvalue weighted by Gasteiger charge is 2.27. The molecule has 1 aliphatic carbocycles. The van der Waals surface area contributed by atoms with Crippen LogP contribution >= 0.6 is 0 Å². The number of Topliss-reactive ketones (excluding diaryl/α,β-unsaturated/α-hetero) is 1. The Labute approximate surface area is 93.9 Å². The van der Waals surface area contributed by atoms with Crippen LogP contribution in [0.4, 0.5) is 0 Å². The lowest BCUT2D eigenvalue weighted by atomic mass is 9.73. The fourth-order valence-electron chi connectivity index (χ4n) is 2.59. The van der Waals surface area contributed by atoms with E-state index in [1.165, 1.54) is 0 Å². The molecule has 86 valence electrons. The molecule has 0 aromatic carbocycles. The highest BCUT2D eigenvalue weighted by atomic mass is 16.1. The smallest absolute Gasteiger partial charge is 0.161 e. The van der Waals surface area contributed by atoms with Gasteiger partial charge < -0.3 is 0 Å². The van der Waals surface area contributed by atoms with Crippen LogP contribution in [-0.2, 0) is 4.79 Å². The quantitative estimate of drug-likeness (QED) is 0.688. The summed E-state index contributed by atoms with van der Waals surface area (Å²) in [6, 6.07) is 0. The van der Waals surface area contributed by atoms with Crippen molar-refractivity contribution >= 4 is 5.78 Å². The van der Waals surface area contributed by atoms with Crippen LogP contribution in [0, 0.1) is 23.7 Å². The first kappa shape index (κ1) is 12.5. The summed E-state index contributed by atoms with van der Waals surface area (Å²) >= 11 is 0. The van der Waals surface area contributed by atoms with E-state index in [2.05, 4.69) is 26.8 Å². The zero-order valence-corrected chi connectivity index (χ0v) is 10.7. The third-order valence-corrected chi connectivity index (χ3v) is 3.61. The van der Waals surface area contributed by atoms with Gasteiger partial charge in [0.2, 0.25) is 0 Å². The number of rotatable bonds is 3. The van der Waals surface area contributed by atoms with Gasteiger partial charge in [-0.3, -0.25) is 4.79 Å². The fraction of sp³-hybridized carbons (Fsp3) is 0.786. The lowest BCUT2D eigenvalue weighted by Crippen LogP contribution is -2.24. The summed E-state index contributed by atoms with van der Waals surface area (Å²) in [6.07, 6.45) is 4.26. The van der Waals surface area contributed by atoms with E-state index in [0.29, 0.717) is 11.7 Å². The van der Waals surface area contributed by atoms with E-state index in [0.717, 1.165) is 30.3 Å². The van der Waals surface area contributed by atoms with Gasteiger partial charge in [-0.15, -0.1) is 0 Å². The molecular weight excluding hydrogens is 184 g/mol. The monoisotopic (exact) mass is 208 g/mol. The van der Waals surface area contributed by atoms with Crippen molar-refractivity contribution in [2.75, 3.05) is 0 Å². The first-order valence-electron chi connectivity index (χ1n) is 6.16. The van der Waals surface area contributed by atoms with Crippen LogP contribution in [0.3, 0.4) is 0 Å². The Morgan fingerprint density at radius 3 is 2.33 bits per heavy atom. The molecule has 0 amide bonds. The van der Waals surface area contributed by atoms with E-state index in [-0.39, 0.29) is 5.92 Å². The second kappa shape index (κ2) is 4.96. The van der Waals surface area contributed by atoms with E-state index in [1.54, 1.807) is 0 Å². The minimum atomic E-state index is 0.152. The molecule has 0 aliphatic heterocycles. The summed E-state index contributed by atoms with van der Waals surface area (Å²) in [6.45, 7) is 10.8. The maximum atomic E-state index is 11.9. The van der Waals surface area contributed by atoms with Gasteiger partial charge in [-0.2, -0.15) is 0 Å². The highest BCUT2D eigenvalue weighted by Crippen LogP contribution is 2.35. The van der Waals surface area contributed by atoms with Crippen molar-refractivity contribution in [3.63, 3.8) is 0 Å². The lowest BCUT2D eigenvalue weighted by Gasteiger charge is -2.31. The van der Waals surface area contributed by atoms with Crippen LogP contribution < -0.4 is 0 Å². The van der Waals surface area contributed by atoms with Crippen LogP contribution in [0.1, 0.15) is 47.5 Å². The van der Waals surface area contributed by atoms with Gasteiger partial charge in [-0.1, -0.05) is 40.7 Å². The second-order valence-corrected chi connectivity index (χ2v) is 5.57. The number of carbonyl (C=O) groups excluding carboxylic acids is 1. The van der Waals surface area contributed by atoms with Crippen LogP contribution in [-0.4, -0.2) is 5.78 Å². The minimum absolute atomic E-state index is 0.152. The number of ketones is 1. The second-order valence-electron chi connectivity index (χ2n) is 5.57. The van der Waals surface area contributed by atoms with E-state index in [9.17, 15) is 4.79 Å². The molecule has 0 spiro atoms. The van der Waals surface area contributed by atoms with Gasteiger partial charge in [0.25, 0.3) is 0 Å². The highest BCUT2D eigenvalue weighted by molar-refractivity contribution is 5.96. The first-order valence-corrected chi connectivity index (χ1v) is 6.16. The Morgan fingerprint density at radius 1 is 1.33 bits per heavy atom. The van der Waals surface area contributed by atoms with Gasteiger partial charge in [0, 0.05) is 5.92 Å². The van der Waals surface area contributed by atoms with Gasteiger partial charge in [0.1, 0.15) is 0 Å². The average molecular weight is 208 g/mol. The fourth-order valence-corrected chi connectivity index (χ4v) is 2.59. The predicted octanol–water partition coefficient (Wildman–Crippen LogP) is 3.84. The van der Waals surface area contributed by atoms with E-state index >= 15 is 0 Å². The summed E-state index contributed by atoms with van der Waals surface area (Å²) < 4.78 is 0. The van der Waals surface area contributed by atoms with Crippen LogP contribution in [0.25, 0.3) is 0 Å². The summed E-state index contributed by atoms with van der Waals surface area (Å²) in [5.74, 6) is 2.65. The molecule has 1 aliphatic rings. The van der Waals surface area contributed by atoms with E-state index < -0.39 is 0 Å². The van der Waals surface area contributed by atoms with Crippen molar-refractivity contribution in [2.24, 2.45) is 23.7 Å². The maximum Gasteiger partial charge on any atom is 0.161 e. The van der Waals surface area contributed by atoms with Crippen molar-refractivity contribution in [2.45, 2.75) is 47.5 Å². The van der Waals surface area contributed by atoms with Gasteiger partial charge in [0.15, 0.2) is 5.78 Å². The SMILES string of the molecule is CC(C)C(=O)C1=CCC(C(C)C)C(C)C1. The van der Waals surface area contributed by atoms with Crippen LogP contribution in [0.15, 0.2) is 11.6 Å². The molecule has 15 heavy (non-hydrogen) atoms. The number of hydrogen-bond acceptors (Lipinski definition) is 1. The average Bonchev–Trinajstić information content (AvgIpc) is 2.15. The topological polar surface area (TPSA) is 17.1 Å². The van der Waals surface area contributed by atoms with Crippen molar-refractivity contribution < 1.29 is 4.79 Å². The molecule has 0 N–H and O–H groups in total. The molecule has 1 rings (SSSR count). The summed E-state index contributed by atoms with van der Waals surface area (Å²) in [7, 11) is 0. The Kier molecular flexibility index (Phi) is 4.12. The molecule has 2 unspecified atom stereocenters. The van der Waals surface area contributed by atoms with Gasteiger partial charge >= 0.3 is 0 Å². The molecule has 1 nitrogen and oxygen atoms in total. The third kappa shape index (κ3) is 2.93. The number of hydrogen-bond donors (Lipinski definition) is 0. The summed E-state index contributed by atoms with van der Waals surface area (Å²) in [4.78, 5) is 11.9. The molecule has 0 aromatic rings. The molecule has 0 fully saturated rings. The number of allylic oxidation sites excluding steroid dienone is 2. The van der Waals surface area contributed by atoms with Crippen LogP contribution in [0.2, 0.25) is 0 Å². The molecule has 0 saturated heterocycles. The largest absolute Gasteiger partial charge is 0.294 e. The molecule has 0 radical (unpaired) electrons. The minimum Gasteiger partial charge on any atom is -0.294 e. The van der Waals surface area contributed by atoms with Gasteiger partial charge in [-0.05, 0) is 36.2 Å². The molecule has 0 aromatic heterocycles. The van der Waals surface area contributed by atoms with Gasteiger partial charge in [-0.25, -0.2) is 0 Å². The first-order chi connectivity index (χ1) is 6.93. The van der Waals surface area contributed by atoms with E-state index in [1.807, 2.05) is 13.8 Å². The van der Waals surface area contributed by atoms with E-state index in [4.69, 9.17) is 0 Å². The normalized spacial score (nSPS) is 27.0. The Bertz CT molecular complexity index is 261. The standard InChI is InChI=1S/C14H24O/c1-9(2)13-7-6-12(8-11(13)5)14(15)10(3)4/h6,9-11,13H,7-8H2,1-5H3. The Morgan fingerprint density at radius 2 is 1.93 bits per heavy atom. The van der Waals surface area contributed by atoms with Crippen molar-refractivity contribution in [3.05, 3.63) is 11.6 Å². The lowest BCUT2D eigenvalue weighted by molar-refractivity contribution is -0.118. The van der Waals surface area contributed by atoms with Crippen molar-refractivity contribution in [1.29, 1.82) is 0 Å². The molecular formula is C14H24O. The molecule has 0 saturated carbocycles. The molecule has 0 heterocycles. The zero-order chi connectivity index (χ0) is 11.6. The molecule has 1 heteroatoms. The Hall–Kier alpha value is -0.590. The Balaban J connectivity index is 2.71. The van der Waals surface area contributed by atoms with Crippen molar-refractivity contribution in [1.82, 2.24) is 0 Å². The molecule has 0 bridgehead atoms. The maximum absolute atomic E-state index is 11.9.